The average molecular weight is 463 g/mol. The highest BCUT2D eigenvalue weighted by Crippen LogP contribution is 2.47. The Hall–Kier alpha value is -3.92. The molecule has 5 heterocycles. The van der Waals surface area contributed by atoms with Gasteiger partial charge in [0.15, 0.2) is 5.60 Å². The van der Waals surface area contributed by atoms with Crippen molar-refractivity contribution in [2.75, 3.05) is 6.79 Å². The number of aliphatic hydroxyl groups is 1. The standard InChI is InChI=1S/C24H21N3O7/c1-2-24(31)14-7-16-19-12(8-27(16)22(29)13(14)9-32-23(24)30)21-18-15(26-19)5-3-11(4-6-17(25)28)20(18)33-10-34-21/h3,5,7,31H,2,4,6,8-10H2,1H3,(H2,25,28)/t24-/m0/s1. The molecule has 0 saturated heterocycles. The average Bonchev–Trinajstić information content (AvgIpc) is 3.20. The summed E-state index contributed by atoms with van der Waals surface area (Å²) in [6, 6.07) is 5.32. The van der Waals surface area contributed by atoms with Gasteiger partial charge in [0, 0.05) is 17.5 Å². The number of rotatable bonds is 4. The van der Waals surface area contributed by atoms with Gasteiger partial charge in [-0.2, -0.15) is 0 Å². The molecule has 3 aliphatic heterocycles. The Kier molecular flexibility index (Phi) is 4.28. The number of hydrogen-bond donors (Lipinski definition) is 2. The molecular formula is C24H21N3O7. The van der Waals surface area contributed by atoms with Crippen LogP contribution in [0, 0.1) is 0 Å². The maximum Gasteiger partial charge on any atom is 0.343 e. The van der Waals surface area contributed by atoms with Crippen molar-refractivity contribution in [2.45, 2.75) is 44.9 Å². The van der Waals surface area contributed by atoms with E-state index < -0.39 is 17.5 Å². The number of hydrogen-bond acceptors (Lipinski definition) is 8. The van der Waals surface area contributed by atoms with Crippen LogP contribution < -0.4 is 20.8 Å². The van der Waals surface area contributed by atoms with Gasteiger partial charge in [-0.25, -0.2) is 9.78 Å². The van der Waals surface area contributed by atoms with Crippen molar-refractivity contribution in [1.82, 2.24) is 9.55 Å². The number of primary amides is 1. The summed E-state index contributed by atoms with van der Waals surface area (Å²) in [6.07, 6.45) is 0.681. The van der Waals surface area contributed by atoms with Crippen LogP contribution in [0.3, 0.4) is 0 Å². The number of carbonyl (C=O) groups excluding carboxylic acids is 2. The number of esters is 1. The Bertz CT molecular complexity index is 1490. The lowest BCUT2D eigenvalue weighted by Gasteiger charge is -2.31. The van der Waals surface area contributed by atoms with Crippen LogP contribution in [0.2, 0.25) is 0 Å². The minimum atomic E-state index is -1.89. The van der Waals surface area contributed by atoms with Gasteiger partial charge in [0.05, 0.1) is 34.4 Å². The maximum absolute atomic E-state index is 13.4. The van der Waals surface area contributed by atoms with E-state index in [1.165, 1.54) is 0 Å². The second-order valence-electron chi connectivity index (χ2n) is 8.69. The molecule has 1 atom stereocenters. The van der Waals surface area contributed by atoms with Crippen LogP contribution in [0.15, 0.2) is 23.0 Å². The van der Waals surface area contributed by atoms with E-state index in [0.29, 0.717) is 40.2 Å². The quantitative estimate of drug-likeness (QED) is 0.430. The minimum absolute atomic E-state index is 0.0220. The summed E-state index contributed by atoms with van der Waals surface area (Å²) in [5.74, 6) is -0.00113. The minimum Gasteiger partial charge on any atom is -0.458 e. The summed E-state index contributed by atoms with van der Waals surface area (Å²) in [4.78, 5) is 41.8. The van der Waals surface area contributed by atoms with Gasteiger partial charge in [0.25, 0.3) is 5.56 Å². The van der Waals surface area contributed by atoms with Crippen molar-refractivity contribution in [3.05, 3.63) is 50.8 Å². The summed E-state index contributed by atoms with van der Waals surface area (Å²) in [5, 5.41) is 11.7. The van der Waals surface area contributed by atoms with Gasteiger partial charge in [-0.1, -0.05) is 13.0 Å². The second-order valence-corrected chi connectivity index (χ2v) is 8.69. The molecule has 10 nitrogen and oxygen atoms in total. The van der Waals surface area contributed by atoms with Crippen molar-refractivity contribution < 1.29 is 28.9 Å². The highest BCUT2D eigenvalue weighted by atomic mass is 16.7. The number of carbonyl (C=O) groups is 2. The van der Waals surface area contributed by atoms with Gasteiger partial charge in [-0.15, -0.1) is 0 Å². The number of nitrogens with two attached hydrogens (primary N) is 1. The molecule has 0 radical (unpaired) electrons. The number of fused-ring (bicyclic) bond motifs is 5. The van der Waals surface area contributed by atoms with Crippen molar-refractivity contribution in [3.8, 4) is 22.9 Å². The van der Waals surface area contributed by atoms with Crippen LogP contribution in [0.5, 0.6) is 11.5 Å². The fraction of sp³-hybridized carbons (Fsp3) is 0.333. The Labute approximate surface area is 192 Å². The SMILES string of the molecule is CC[C@@]1(O)C(=O)OCc2c1cc1n(c2=O)Cc2c-1nc1ccc(CCC(N)=O)c3c1c2OCO3. The molecule has 10 heteroatoms. The first-order valence-corrected chi connectivity index (χ1v) is 11.0. The zero-order chi connectivity index (χ0) is 23.8. The third-order valence-electron chi connectivity index (χ3n) is 6.89. The first-order chi connectivity index (χ1) is 16.3. The molecule has 1 amide bonds. The molecule has 0 aliphatic carbocycles. The zero-order valence-corrected chi connectivity index (χ0v) is 18.3. The number of pyridine rings is 2. The highest BCUT2D eigenvalue weighted by Gasteiger charge is 2.45. The molecule has 0 bridgehead atoms. The first kappa shape index (κ1) is 20.7. The van der Waals surface area contributed by atoms with Gasteiger partial charge in [0.1, 0.15) is 18.1 Å². The Balaban J connectivity index is 1.58. The zero-order valence-electron chi connectivity index (χ0n) is 18.3. The van der Waals surface area contributed by atoms with E-state index in [9.17, 15) is 19.5 Å². The molecule has 0 unspecified atom stereocenters. The van der Waals surface area contributed by atoms with E-state index in [1.807, 2.05) is 12.1 Å². The van der Waals surface area contributed by atoms with Crippen LogP contribution in [0.1, 0.15) is 42.0 Å². The van der Waals surface area contributed by atoms with Gasteiger partial charge in [-0.05, 0) is 30.5 Å². The van der Waals surface area contributed by atoms with E-state index in [-0.39, 0.29) is 49.5 Å². The van der Waals surface area contributed by atoms with E-state index in [2.05, 4.69) is 0 Å². The monoisotopic (exact) mass is 463 g/mol. The molecule has 1 aromatic carbocycles. The van der Waals surface area contributed by atoms with E-state index in [4.69, 9.17) is 24.9 Å². The van der Waals surface area contributed by atoms with Gasteiger partial charge >= 0.3 is 5.97 Å². The van der Waals surface area contributed by atoms with Crippen molar-refractivity contribution in [3.63, 3.8) is 0 Å². The Morgan fingerprint density at radius 1 is 1.21 bits per heavy atom. The van der Waals surface area contributed by atoms with Crippen molar-refractivity contribution >= 4 is 22.8 Å². The smallest absolute Gasteiger partial charge is 0.343 e. The molecule has 3 aromatic rings. The Morgan fingerprint density at radius 2 is 2.00 bits per heavy atom. The maximum atomic E-state index is 13.4. The van der Waals surface area contributed by atoms with Crippen LogP contribution in [-0.2, 0) is 39.5 Å². The predicted molar refractivity (Wildman–Crippen MR) is 118 cm³/mol. The normalized spacial score (nSPS) is 19.5. The van der Waals surface area contributed by atoms with E-state index >= 15 is 0 Å². The lowest BCUT2D eigenvalue weighted by molar-refractivity contribution is -0.172. The molecule has 0 fully saturated rings. The van der Waals surface area contributed by atoms with Crippen molar-refractivity contribution in [2.24, 2.45) is 5.73 Å². The topological polar surface area (TPSA) is 143 Å². The number of cyclic esters (lactones) is 1. The molecule has 34 heavy (non-hydrogen) atoms. The first-order valence-electron chi connectivity index (χ1n) is 11.0. The third-order valence-corrected chi connectivity index (χ3v) is 6.89. The number of ether oxygens (including phenoxy) is 3. The van der Waals surface area contributed by atoms with Gasteiger partial charge < -0.3 is 29.6 Å². The van der Waals surface area contributed by atoms with Crippen LogP contribution in [-0.4, -0.2) is 33.3 Å². The molecular weight excluding hydrogens is 442 g/mol. The van der Waals surface area contributed by atoms with Gasteiger partial charge in [-0.3, -0.25) is 9.59 Å². The predicted octanol–water partition coefficient (Wildman–Crippen LogP) is 1.23. The summed E-state index contributed by atoms with van der Waals surface area (Å²) in [7, 11) is 0. The van der Waals surface area contributed by atoms with E-state index in [0.717, 1.165) is 11.1 Å². The van der Waals surface area contributed by atoms with Crippen LogP contribution in [0.25, 0.3) is 22.3 Å². The Morgan fingerprint density at radius 3 is 2.76 bits per heavy atom. The number of nitrogens with zero attached hydrogens (tertiary/aromatic N) is 2. The summed E-state index contributed by atoms with van der Waals surface area (Å²) >= 11 is 0. The second kappa shape index (κ2) is 7.04. The lowest BCUT2D eigenvalue weighted by Crippen LogP contribution is -2.44. The molecule has 0 spiro atoms. The van der Waals surface area contributed by atoms with E-state index in [1.54, 1.807) is 17.6 Å². The summed E-state index contributed by atoms with van der Waals surface area (Å²) < 4.78 is 18.4. The fourth-order valence-corrected chi connectivity index (χ4v) is 5.07. The number of aromatic nitrogens is 2. The molecule has 6 rings (SSSR count). The van der Waals surface area contributed by atoms with Gasteiger partial charge in [0.2, 0.25) is 12.7 Å². The van der Waals surface area contributed by atoms with Crippen LogP contribution >= 0.6 is 0 Å². The molecule has 3 N–H and O–H groups in total. The van der Waals surface area contributed by atoms with Crippen molar-refractivity contribution in [1.29, 1.82) is 0 Å². The number of amides is 1. The summed E-state index contributed by atoms with van der Waals surface area (Å²) in [6.45, 7) is 1.67. The third kappa shape index (κ3) is 2.65. The fourth-order valence-electron chi connectivity index (χ4n) is 5.07. The number of aryl methyl sites for hydroxylation is 1. The largest absolute Gasteiger partial charge is 0.458 e. The molecule has 174 valence electrons. The van der Waals surface area contributed by atoms with Crippen LogP contribution in [0.4, 0.5) is 0 Å². The highest BCUT2D eigenvalue weighted by molar-refractivity contribution is 5.97. The molecule has 2 aromatic heterocycles. The molecule has 3 aliphatic rings. The summed E-state index contributed by atoms with van der Waals surface area (Å²) in [5.41, 5.74) is 6.83. The number of benzene rings is 1. The lowest BCUT2D eigenvalue weighted by atomic mass is 9.86. The molecule has 0 saturated carbocycles.